The van der Waals surface area contributed by atoms with Gasteiger partial charge in [0.05, 0.1) is 0 Å². The SMILES string of the molecule is CCCCCCC1NC(=O)NC1=O. The van der Waals surface area contributed by atoms with Gasteiger partial charge in [-0.1, -0.05) is 32.6 Å². The van der Waals surface area contributed by atoms with Crippen LogP contribution in [0.2, 0.25) is 0 Å². The molecule has 1 aliphatic heterocycles. The Morgan fingerprint density at radius 1 is 1.23 bits per heavy atom. The molecule has 0 aliphatic carbocycles. The van der Waals surface area contributed by atoms with Gasteiger partial charge in [0, 0.05) is 0 Å². The first kappa shape index (κ1) is 10.0. The number of amides is 3. The fourth-order valence-corrected chi connectivity index (χ4v) is 1.44. The molecule has 1 aliphatic rings. The van der Waals surface area contributed by atoms with Crippen molar-refractivity contribution < 1.29 is 9.59 Å². The summed E-state index contributed by atoms with van der Waals surface area (Å²) in [4.78, 5) is 21.8. The molecule has 0 saturated carbocycles. The zero-order chi connectivity index (χ0) is 9.68. The van der Waals surface area contributed by atoms with Crippen LogP contribution in [0.3, 0.4) is 0 Å². The molecular formula is C9H16N2O2. The van der Waals surface area contributed by atoms with Crippen LogP contribution in [0.1, 0.15) is 39.0 Å². The van der Waals surface area contributed by atoms with Gasteiger partial charge in [0.2, 0.25) is 0 Å². The lowest BCUT2D eigenvalue weighted by molar-refractivity contribution is -0.120. The Bertz CT molecular complexity index is 204. The standard InChI is InChI=1S/C9H16N2O2/c1-2-3-4-5-6-7-8(12)11-9(13)10-7/h7H,2-6H2,1H3,(H2,10,11,12,13). The van der Waals surface area contributed by atoms with E-state index >= 15 is 0 Å². The van der Waals surface area contributed by atoms with Crippen LogP contribution >= 0.6 is 0 Å². The summed E-state index contributed by atoms with van der Waals surface area (Å²) in [7, 11) is 0. The number of nitrogens with one attached hydrogen (secondary N) is 2. The minimum Gasteiger partial charge on any atom is -0.326 e. The number of hydrogen-bond acceptors (Lipinski definition) is 2. The molecule has 1 atom stereocenters. The second-order valence-corrected chi connectivity index (χ2v) is 3.36. The molecule has 1 saturated heterocycles. The van der Waals surface area contributed by atoms with Crippen molar-refractivity contribution in [3.63, 3.8) is 0 Å². The minimum atomic E-state index is -0.356. The van der Waals surface area contributed by atoms with Gasteiger partial charge >= 0.3 is 6.03 Å². The van der Waals surface area contributed by atoms with E-state index < -0.39 is 0 Å². The molecule has 0 radical (unpaired) electrons. The highest BCUT2D eigenvalue weighted by atomic mass is 16.2. The van der Waals surface area contributed by atoms with Gasteiger partial charge in [-0.2, -0.15) is 0 Å². The van der Waals surface area contributed by atoms with Crippen LogP contribution in [0.4, 0.5) is 4.79 Å². The Kier molecular flexibility index (Phi) is 3.73. The molecule has 13 heavy (non-hydrogen) atoms. The maximum absolute atomic E-state index is 11.1. The molecule has 1 fully saturated rings. The van der Waals surface area contributed by atoms with Crippen molar-refractivity contribution in [1.82, 2.24) is 10.6 Å². The third kappa shape index (κ3) is 3.05. The third-order valence-corrected chi connectivity index (χ3v) is 2.20. The first-order valence-corrected chi connectivity index (χ1v) is 4.85. The van der Waals surface area contributed by atoms with Gasteiger partial charge in [0.1, 0.15) is 6.04 Å². The second kappa shape index (κ2) is 4.84. The average Bonchev–Trinajstić information content (AvgIpc) is 2.39. The molecule has 4 heteroatoms. The van der Waals surface area contributed by atoms with Gasteiger partial charge in [-0.15, -0.1) is 0 Å². The smallest absolute Gasteiger partial charge is 0.322 e. The van der Waals surface area contributed by atoms with Crippen LogP contribution in [0, 0.1) is 0 Å². The van der Waals surface area contributed by atoms with Crippen LogP contribution in [0.15, 0.2) is 0 Å². The summed E-state index contributed by atoms with van der Waals surface area (Å²) >= 11 is 0. The van der Waals surface area contributed by atoms with Crippen molar-refractivity contribution >= 4 is 11.9 Å². The first-order valence-electron chi connectivity index (χ1n) is 4.85. The predicted octanol–water partition coefficient (Wildman–Crippen LogP) is 1.16. The van der Waals surface area contributed by atoms with Crippen LogP contribution in [0.25, 0.3) is 0 Å². The van der Waals surface area contributed by atoms with Gasteiger partial charge in [0.15, 0.2) is 0 Å². The van der Waals surface area contributed by atoms with Crippen LogP contribution in [0.5, 0.6) is 0 Å². The van der Waals surface area contributed by atoms with E-state index in [4.69, 9.17) is 0 Å². The number of hydrogen-bond donors (Lipinski definition) is 2. The fourth-order valence-electron chi connectivity index (χ4n) is 1.44. The van der Waals surface area contributed by atoms with Gasteiger partial charge in [-0.25, -0.2) is 4.79 Å². The molecule has 1 rings (SSSR count). The Labute approximate surface area is 78.1 Å². The van der Waals surface area contributed by atoms with Crippen LogP contribution < -0.4 is 10.6 Å². The number of urea groups is 1. The monoisotopic (exact) mass is 184 g/mol. The highest BCUT2D eigenvalue weighted by Crippen LogP contribution is 2.07. The summed E-state index contributed by atoms with van der Waals surface area (Å²) in [6.45, 7) is 2.14. The molecule has 0 aromatic carbocycles. The molecule has 0 spiro atoms. The molecule has 4 nitrogen and oxygen atoms in total. The highest BCUT2D eigenvalue weighted by molar-refractivity contribution is 6.04. The predicted molar refractivity (Wildman–Crippen MR) is 49.2 cm³/mol. The van der Waals surface area contributed by atoms with E-state index in [0.717, 1.165) is 19.3 Å². The number of carbonyl (C=O) groups is 2. The third-order valence-electron chi connectivity index (χ3n) is 2.20. The minimum absolute atomic E-state index is 0.179. The van der Waals surface area contributed by atoms with E-state index in [0.29, 0.717) is 0 Å². The zero-order valence-electron chi connectivity index (χ0n) is 7.93. The average molecular weight is 184 g/mol. The molecule has 2 N–H and O–H groups in total. The summed E-state index contributed by atoms with van der Waals surface area (Å²) in [5.41, 5.74) is 0. The molecular weight excluding hydrogens is 168 g/mol. The Hall–Kier alpha value is -1.06. The summed E-state index contributed by atoms with van der Waals surface area (Å²) < 4.78 is 0. The number of carbonyl (C=O) groups excluding carboxylic acids is 2. The number of rotatable bonds is 5. The van der Waals surface area contributed by atoms with Gasteiger partial charge in [-0.05, 0) is 6.42 Å². The molecule has 1 heterocycles. The van der Waals surface area contributed by atoms with Crippen molar-refractivity contribution in [2.24, 2.45) is 0 Å². The van der Waals surface area contributed by atoms with Crippen LogP contribution in [-0.4, -0.2) is 18.0 Å². The summed E-state index contributed by atoms with van der Waals surface area (Å²) in [5, 5.41) is 4.80. The fraction of sp³-hybridized carbons (Fsp3) is 0.778. The van der Waals surface area contributed by atoms with Crippen molar-refractivity contribution in [2.45, 2.75) is 45.1 Å². The van der Waals surface area contributed by atoms with Crippen molar-refractivity contribution in [3.8, 4) is 0 Å². The lowest BCUT2D eigenvalue weighted by Gasteiger charge is -2.05. The molecule has 1 unspecified atom stereocenters. The van der Waals surface area contributed by atoms with Crippen molar-refractivity contribution in [1.29, 1.82) is 0 Å². The lowest BCUT2D eigenvalue weighted by Crippen LogP contribution is -2.28. The Morgan fingerprint density at radius 3 is 2.54 bits per heavy atom. The molecule has 0 bridgehead atoms. The lowest BCUT2D eigenvalue weighted by atomic mass is 10.1. The maximum atomic E-state index is 11.1. The zero-order valence-corrected chi connectivity index (χ0v) is 7.93. The summed E-state index contributed by atoms with van der Waals surface area (Å²) in [6, 6.07) is -0.644. The molecule has 74 valence electrons. The van der Waals surface area contributed by atoms with Crippen molar-refractivity contribution in [3.05, 3.63) is 0 Å². The quantitative estimate of drug-likeness (QED) is 0.497. The maximum Gasteiger partial charge on any atom is 0.322 e. The van der Waals surface area contributed by atoms with E-state index in [1.807, 2.05) is 0 Å². The second-order valence-electron chi connectivity index (χ2n) is 3.36. The summed E-state index contributed by atoms with van der Waals surface area (Å²) in [5.74, 6) is -0.179. The summed E-state index contributed by atoms with van der Waals surface area (Å²) in [6.07, 6.45) is 5.28. The normalized spacial score (nSPS) is 21.5. The van der Waals surface area contributed by atoms with Crippen molar-refractivity contribution in [2.75, 3.05) is 0 Å². The van der Waals surface area contributed by atoms with E-state index in [-0.39, 0.29) is 18.0 Å². The van der Waals surface area contributed by atoms with E-state index in [1.165, 1.54) is 12.8 Å². The van der Waals surface area contributed by atoms with E-state index in [1.54, 1.807) is 0 Å². The first-order chi connectivity index (χ1) is 6.24. The van der Waals surface area contributed by atoms with Gasteiger partial charge in [0.25, 0.3) is 5.91 Å². The largest absolute Gasteiger partial charge is 0.326 e. The number of unbranched alkanes of at least 4 members (excludes halogenated alkanes) is 3. The highest BCUT2D eigenvalue weighted by Gasteiger charge is 2.28. The van der Waals surface area contributed by atoms with Gasteiger partial charge in [-0.3, -0.25) is 10.1 Å². The van der Waals surface area contributed by atoms with E-state index in [9.17, 15) is 9.59 Å². The number of imide groups is 1. The molecule has 3 amide bonds. The molecule has 0 aromatic rings. The molecule has 0 aromatic heterocycles. The Morgan fingerprint density at radius 2 is 2.00 bits per heavy atom. The Balaban J connectivity index is 2.14. The van der Waals surface area contributed by atoms with Crippen LogP contribution in [-0.2, 0) is 4.79 Å². The van der Waals surface area contributed by atoms with E-state index in [2.05, 4.69) is 17.6 Å². The van der Waals surface area contributed by atoms with Gasteiger partial charge < -0.3 is 5.32 Å². The topological polar surface area (TPSA) is 58.2 Å².